The summed E-state index contributed by atoms with van der Waals surface area (Å²) in [6.07, 6.45) is 1.50. The third kappa shape index (κ3) is 3.62. The summed E-state index contributed by atoms with van der Waals surface area (Å²) in [5.74, 6) is -1.13. The Bertz CT molecular complexity index is 929. The molecule has 0 aliphatic carbocycles. The van der Waals surface area contributed by atoms with Gasteiger partial charge in [-0.25, -0.2) is 0 Å². The molecule has 1 saturated heterocycles. The first kappa shape index (κ1) is 18.1. The summed E-state index contributed by atoms with van der Waals surface area (Å²) in [5.41, 5.74) is 0.962. The number of amides is 2. The van der Waals surface area contributed by atoms with Crippen LogP contribution in [-0.4, -0.2) is 16.9 Å². The number of halogens is 3. The number of anilines is 1. The third-order valence-electron chi connectivity index (χ3n) is 3.45. The van der Waals surface area contributed by atoms with Crippen molar-refractivity contribution in [1.29, 1.82) is 0 Å². The summed E-state index contributed by atoms with van der Waals surface area (Å²) in [4.78, 5) is 26.3. The monoisotopic (exact) mass is 454 g/mol. The van der Waals surface area contributed by atoms with Gasteiger partial charge in [0.1, 0.15) is 5.57 Å². The zero-order valence-corrected chi connectivity index (χ0v) is 16.3. The average Bonchev–Trinajstić information content (AvgIpc) is 2.57. The number of carbonyl (C=O) groups excluding carboxylic acids is 2. The van der Waals surface area contributed by atoms with Crippen LogP contribution in [0.4, 0.5) is 5.69 Å². The van der Waals surface area contributed by atoms with E-state index < -0.39 is 11.8 Å². The second kappa shape index (κ2) is 7.25. The molecule has 1 aliphatic rings. The van der Waals surface area contributed by atoms with Gasteiger partial charge in [-0.1, -0.05) is 57.3 Å². The van der Waals surface area contributed by atoms with Crippen LogP contribution in [0.25, 0.3) is 6.08 Å². The van der Waals surface area contributed by atoms with Crippen molar-refractivity contribution < 1.29 is 9.59 Å². The third-order valence-corrected chi connectivity index (χ3v) is 5.08. The Morgan fingerprint density at radius 2 is 1.76 bits per heavy atom. The van der Waals surface area contributed by atoms with Crippen LogP contribution in [0.2, 0.25) is 10.0 Å². The first-order chi connectivity index (χ1) is 11.9. The number of hydrogen-bond acceptors (Lipinski definition) is 3. The summed E-state index contributed by atoms with van der Waals surface area (Å²) in [6, 6.07) is 12.0. The van der Waals surface area contributed by atoms with E-state index in [0.29, 0.717) is 11.3 Å². The molecule has 25 heavy (non-hydrogen) atoms. The predicted molar refractivity (Wildman–Crippen MR) is 107 cm³/mol. The minimum Gasteiger partial charge on any atom is -0.298 e. The van der Waals surface area contributed by atoms with Gasteiger partial charge in [-0.3, -0.25) is 19.8 Å². The van der Waals surface area contributed by atoms with Gasteiger partial charge in [0.05, 0.1) is 15.7 Å². The number of hydrogen-bond donors (Lipinski definition) is 1. The van der Waals surface area contributed by atoms with Gasteiger partial charge in [-0.05, 0) is 48.1 Å². The van der Waals surface area contributed by atoms with E-state index in [1.807, 2.05) is 12.1 Å². The Balaban J connectivity index is 2.05. The summed E-state index contributed by atoms with van der Waals surface area (Å²) in [5, 5.41) is 2.92. The van der Waals surface area contributed by atoms with E-state index in [0.717, 1.165) is 9.37 Å². The number of nitrogens with one attached hydrogen (secondary N) is 1. The van der Waals surface area contributed by atoms with E-state index in [2.05, 4.69) is 21.2 Å². The fraction of sp³-hybridized carbons (Fsp3) is 0. The van der Waals surface area contributed by atoms with Gasteiger partial charge in [-0.2, -0.15) is 0 Å². The van der Waals surface area contributed by atoms with E-state index >= 15 is 0 Å². The first-order valence-corrected chi connectivity index (χ1v) is 8.95. The lowest BCUT2D eigenvalue weighted by atomic mass is 10.1. The van der Waals surface area contributed by atoms with Gasteiger partial charge >= 0.3 is 0 Å². The van der Waals surface area contributed by atoms with Crippen LogP contribution in [0.15, 0.2) is 52.5 Å². The highest BCUT2D eigenvalue weighted by atomic mass is 79.9. The summed E-state index contributed by atoms with van der Waals surface area (Å²) < 4.78 is 0.891. The second-order valence-electron chi connectivity index (χ2n) is 5.08. The van der Waals surface area contributed by atoms with Crippen LogP contribution in [-0.2, 0) is 9.59 Å². The maximum absolute atomic E-state index is 12.9. The molecule has 0 saturated carbocycles. The number of rotatable bonds is 2. The highest BCUT2D eigenvalue weighted by Crippen LogP contribution is 2.34. The van der Waals surface area contributed by atoms with Crippen LogP contribution < -0.4 is 10.2 Å². The molecule has 2 aromatic rings. The van der Waals surface area contributed by atoms with Crippen molar-refractivity contribution in [2.45, 2.75) is 0 Å². The molecule has 1 heterocycles. The topological polar surface area (TPSA) is 49.4 Å². The van der Waals surface area contributed by atoms with Gasteiger partial charge in [0.2, 0.25) is 0 Å². The van der Waals surface area contributed by atoms with Crippen LogP contribution in [0.1, 0.15) is 5.56 Å². The van der Waals surface area contributed by atoms with E-state index in [1.54, 1.807) is 30.3 Å². The molecule has 1 N–H and O–H groups in total. The molecular weight excluding hydrogens is 447 g/mol. The molecule has 3 rings (SSSR count). The summed E-state index contributed by atoms with van der Waals surface area (Å²) in [7, 11) is 0. The number of thiocarbonyl (C=S) groups is 1. The van der Waals surface area contributed by atoms with E-state index in [4.69, 9.17) is 35.4 Å². The molecule has 1 aliphatic heterocycles. The van der Waals surface area contributed by atoms with Crippen LogP contribution in [0.5, 0.6) is 0 Å². The Morgan fingerprint density at radius 1 is 1.08 bits per heavy atom. The van der Waals surface area contributed by atoms with E-state index in [-0.39, 0.29) is 20.7 Å². The molecule has 0 spiro atoms. The van der Waals surface area contributed by atoms with Gasteiger partial charge in [0.25, 0.3) is 11.8 Å². The summed E-state index contributed by atoms with van der Waals surface area (Å²) >= 11 is 20.7. The Morgan fingerprint density at radius 3 is 2.44 bits per heavy atom. The zero-order chi connectivity index (χ0) is 18.1. The minimum absolute atomic E-state index is 0.0490. The molecule has 0 unspecified atom stereocenters. The molecule has 4 nitrogen and oxygen atoms in total. The number of benzene rings is 2. The van der Waals surface area contributed by atoms with Crippen molar-refractivity contribution in [3.8, 4) is 0 Å². The van der Waals surface area contributed by atoms with Crippen LogP contribution in [0, 0.1) is 0 Å². The first-order valence-electron chi connectivity index (χ1n) is 6.99. The highest BCUT2D eigenvalue weighted by Gasteiger charge is 2.35. The highest BCUT2D eigenvalue weighted by molar-refractivity contribution is 9.10. The fourth-order valence-electron chi connectivity index (χ4n) is 2.27. The molecule has 8 heteroatoms. The second-order valence-corrected chi connectivity index (χ2v) is 7.17. The molecular formula is C17H9BrCl2N2O2S. The number of carbonyl (C=O) groups is 2. The molecule has 2 amide bonds. The van der Waals surface area contributed by atoms with E-state index in [9.17, 15) is 9.59 Å². The molecule has 0 atom stereocenters. The van der Waals surface area contributed by atoms with Gasteiger partial charge < -0.3 is 0 Å². The van der Waals surface area contributed by atoms with Crippen molar-refractivity contribution in [3.05, 3.63) is 68.1 Å². The molecule has 0 aromatic heterocycles. The minimum atomic E-state index is -0.569. The largest absolute Gasteiger partial charge is 0.298 e. The molecule has 0 bridgehead atoms. The quantitative estimate of drug-likeness (QED) is 0.409. The average molecular weight is 456 g/mol. The lowest BCUT2D eigenvalue weighted by molar-refractivity contribution is -0.122. The van der Waals surface area contributed by atoms with Crippen LogP contribution >= 0.6 is 51.3 Å². The van der Waals surface area contributed by atoms with Crippen molar-refractivity contribution in [2.24, 2.45) is 0 Å². The van der Waals surface area contributed by atoms with Crippen molar-refractivity contribution in [1.82, 2.24) is 5.32 Å². The molecule has 0 radical (unpaired) electrons. The Labute approximate surface area is 167 Å². The fourth-order valence-corrected chi connectivity index (χ4v) is 3.19. The van der Waals surface area contributed by atoms with Crippen molar-refractivity contribution in [2.75, 3.05) is 4.90 Å². The maximum atomic E-state index is 12.9. The number of nitrogens with zero attached hydrogens (tertiary/aromatic N) is 1. The van der Waals surface area contributed by atoms with Gasteiger partial charge in [0.15, 0.2) is 5.11 Å². The van der Waals surface area contributed by atoms with Crippen molar-refractivity contribution >= 4 is 80.0 Å². The Hall–Kier alpha value is -1.73. The SMILES string of the molecule is O=C1NC(=S)N(c2cccc(Cl)c2Cl)C(=O)C1=Cc1ccc(Br)cc1. The Kier molecular flexibility index (Phi) is 5.24. The maximum Gasteiger partial charge on any atom is 0.270 e. The van der Waals surface area contributed by atoms with Crippen LogP contribution in [0.3, 0.4) is 0 Å². The molecule has 2 aromatic carbocycles. The standard InChI is InChI=1S/C17H9BrCl2N2O2S/c18-10-6-4-9(5-7-10)8-11-15(23)21-17(25)22(16(11)24)13-3-1-2-12(19)14(13)20/h1-8H,(H,21,23,25). The predicted octanol–water partition coefficient (Wildman–Crippen LogP) is 4.59. The zero-order valence-electron chi connectivity index (χ0n) is 12.4. The van der Waals surface area contributed by atoms with Crippen molar-refractivity contribution in [3.63, 3.8) is 0 Å². The smallest absolute Gasteiger partial charge is 0.270 e. The van der Waals surface area contributed by atoms with Gasteiger partial charge in [0, 0.05) is 4.47 Å². The molecule has 126 valence electrons. The normalized spacial score (nSPS) is 16.4. The summed E-state index contributed by atoms with van der Waals surface area (Å²) in [6.45, 7) is 0. The molecule has 1 fully saturated rings. The lowest BCUT2D eigenvalue weighted by Gasteiger charge is -2.29. The lowest BCUT2D eigenvalue weighted by Crippen LogP contribution is -2.54. The van der Waals surface area contributed by atoms with E-state index in [1.165, 1.54) is 6.08 Å². The van der Waals surface area contributed by atoms with Gasteiger partial charge in [-0.15, -0.1) is 0 Å².